The first kappa shape index (κ1) is 13.4. The van der Waals surface area contributed by atoms with E-state index in [9.17, 15) is 5.11 Å². The lowest BCUT2D eigenvalue weighted by Crippen LogP contribution is -2.41. The molecule has 3 heteroatoms. The summed E-state index contributed by atoms with van der Waals surface area (Å²) < 4.78 is 6.18. The number of rotatable bonds is 2. The quantitative estimate of drug-likeness (QED) is 0.848. The Labute approximate surface area is 108 Å². The van der Waals surface area contributed by atoms with E-state index >= 15 is 0 Å². The average Bonchev–Trinajstić information content (AvgIpc) is 2.26. The molecule has 1 aromatic carbocycles. The molecule has 0 aromatic heterocycles. The minimum absolute atomic E-state index is 0.0586. The third-order valence-electron chi connectivity index (χ3n) is 3.75. The summed E-state index contributed by atoms with van der Waals surface area (Å²) in [7, 11) is 0. The van der Waals surface area contributed by atoms with Crippen LogP contribution in [0.5, 0.6) is 5.75 Å². The summed E-state index contributed by atoms with van der Waals surface area (Å²) in [4.78, 5) is 0. The molecule has 0 radical (unpaired) electrons. The summed E-state index contributed by atoms with van der Waals surface area (Å²) in [5.41, 5.74) is 0.928. The number of aliphatic hydroxyl groups is 1. The zero-order valence-electron chi connectivity index (χ0n) is 11.4. The van der Waals surface area contributed by atoms with Crippen LogP contribution < -0.4 is 0 Å². The Bertz CT molecular complexity index is 439. The highest BCUT2D eigenvalue weighted by Gasteiger charge is 2.39. The lowest BCUT2D eigenvalue weighted by atomic mass is 9.82. The van der Waals surface area contributed by atoms with Crippen molar-refractivity contribution in [2.45, 2.75) is 57.8 Å². The lowest BCUT2D eigenvalue weighted by molar-refractivity contribution is -0.171. The molecule has 1 aliphatic heterocycles. The Morgan fingerprint density at radius 1 is 1.22 bits per heavy atom. The van der Waals surface area contributed by atoms with E-state index in [0.717, 1.165) is 30.4 Å². The fourth-order valence-electron chi connectivity index (χ4n) is 2.88. The van der Waals surface area contributed by atoms with Crippen molar-refractivity contribution in [2.24, 2.45) is 0 Å². The van der Waals surface area contributed by atoms with Crippen LogP contribution in [0, 0.1) is 0 Å². The van der Waals surface area contributed by atoms with Gasteiger partial charge in [0, 0.05) is 5.56 Å². The predicted octanol–water partition coefficient (Wildman–Crippen LogP) is 3.08. The van der Waals surface area contributed by atoms with Gasteiger partial charge in [0.15, 0.2) is 0 Å². The van der Waals surface area contributed by atoms with Gasteiger partial charge >= 0.3 is 0 Å². The van der Waals surface area contributed by atoms with Gasteiger partial charge in [-0.1, -0.05) is 12.1 Å². The Balaban J connectivity index is 2.35. The molecule has 100 valence electrons. The maximum atomic E-state index is 10.1. The van der Waals surface area contributed by atoms with Crippen molar-refractivity contribution in [3.63, 3.8) is 0 Å². The number of phenolic OH excluding ortho intramolecular Hbond substituents is 1. The van der Waals surface area contributed by atoms with Crippen molar-refractivity contribution in [1.29, 1.82) is 0 Å². The zero-order chi connectivity index (χ0) is 13.4. The van der Waals surface area contributed by atoms with Gasteiger partial charge in [-0.15, -0.1) is 0 Å². The number of hydrogen-bond acceptors (Lipinski definition) is 3. The van der Waals surface area contributed by atoms with Crippen LogP contribution in [0.2, 0.25) is 0 Å². The van der Waals surface area contributed by atoms with Crippen LogP contribution in [0.15, 0.2) is 18.2 Å². The molecular weight excluding hydrogens is 228 g/mol. The minimum Gasteiger partial charge on any atom is -0.508 e. The van der Waals surface area contributed by atoms with Crippen LogP contribution in [0.4, 0.5) is 0 Å². The van der Waals surface area contributed by atoms with Gasteiger partial charge in [0.05, 0.1) is 17.8 Å². The molecule has 3 nitrogen and oxygen atoms in total. The largest absolute Gasteiger partial charge is 0.508 e. The Morgan fingerprint density at radius 3 is 2.50 bits per heavy atom. The van der Waals surface area contributed by atoms with Crippen molar-refractivity contribution in [2.75, 3.05) is 0 Å². The Kier molecular flexibility index (Phi) is 3.39. The number of benzene rings is 1. The van der Waals surface area contributed by atoms with Gasteiger partial charge in [0.1, 0.15) is 5.75 Å². The van der Waals surface area contributed by atoms with E-state index in [1.54, 1.807) is 6.07 Å². The van der Waals surface area contributed by atoms with Crippen molar-refractivity contribution < 1.29 is 14.9 Å². The molecule has 1 heterocycles. The highest BCUT2D eigenvalue weighted by molar-refractivity contribution is 5.40. The summed E-state index contributed by atoms with van der Waals surface area (Å²) >= 11 is 0. The molecular formula is C15H22O3. The summed E-state index contributed by atoms with van der Waals surface area (Å²) in [6.45, 7) is 6.14. The van der Waals surface area contributed by atoms with Crippen LogP contribution in [0.25, 0.3) is 0 Å². The first-order chi connectivity index (χ1) is 8.36. The highest BCUT2D eigenvalue weighted by atomic mass is 16.5. The fraction of sp³-hybridized carbons (Fsp3) is 0.600. The van der Waals surface area contributed by atoms with Gasteiger partial charge < -0.3 is 14.9 Å². The van der Waals surface area contributed by atoms with Crippen LogP contribution in [-0.2, 0) is 16.9 Å². The maximum absolute atomic E-state index is 10.1. The number of aliphatic hydroxyl groups excluding tert-OH is 1. The van der Waals surface area contributed by atoms with E-state index in [0.29, 0.717) is 0 Å². The number of hydrogen-bond donors (Lipinski definition) is 2. The predicted molar refractivity (Wildman–Crippen MR) is 70.4 cm³/mol. The van der Waals surface area contributed by atoms with Crippen LogP contribution in [0.3, 0.4) is 0 Å². The molecule has 1 saturated heterocycles. The van der Waals surface area contributed by atoms with E-state index in [-0.39, 0.29) is 18.0 Å². The molecule has 0 bridgehead atoms. The summed E-state index contributed by atoms with van der Waals surface area (Å²) in [5, 5.41) is 19.2. The third kappa shape index (κ3) is 2.52. The lowest BCUT2D eigenvalue weighted by Gasteiger charge is -2.44. The summed E-state index contributed by atoms with van der Waals surface area (Å²) in [6.07, 6.45) is 3.03. The molecule has 0 unspecified atom stereocenters. The summed E-state index contributed by atoms with van der Waals surface area (Å²) in [6, 6.07) is 5.32. The maximum Gasteiger partial charge on any atom is 0.122 e. The number of ether oxygens (including phenoxy) is 1. The number of aromatic hydroxyl groups is 1. The van der Waals surface area contributed by atoms with Gasteiger partial charge in [-0.05, 0) is 51.7 Å². The standard InChI is InChI=1S/C15H22O3/c1-14(2)7-4-8-15(3,18-14)12-6-5-11(10-16)9-13(12)17/h5-6,9,16-17H,4,7-8,10H2,1-3H3/t15-/m0/s1. The van der Waals surface area contributed by atoms with E-state index in [4.69, 9.17) is 9.84 Å². The first-order valence-corrected chi connectivity index (χ1v) is 6.50. The van der Waals surface area contributed by atoms with Gasteiger partial charge in [0.25, 0.3) is 0 Å². The molecule has 2 rings (SSSR count). The second-order valence-electron chi connectivity index (χ2n) is 5.96. The molecule has 0 saturated carbocycles. The fourth-order valence-corrected chi connectivity index (χ4v) is 2.88. The normalized spacial score (nSPS) is 27.1. The molecule has 1 aromatic rings. The van der Waals surface area contributed by atoms with E-state index in [1.807, 2.05) is 19.1 Å². The smallest absolute Gasteiger partial charge is 0.122 e. The Morgan fingerprint density at radius 2 is 1.94 bits per heavy atom. The molecule has 1 atom stereocenters. The van der Waals surface area contributed by atoms with E-state index < -0.39 is 5.60 Å². The van der Waals surface area contributed by atoms with Crippen molar-refractivity contribution >= 4 is 0 Å². The van der Waals surface area contributed by atoms with Gasteiger partial charge in [-0.3, -0.25) is 0 Å². The first-order valence-electron chi connectivity index (χ1n) is 6.50. The molecule has 0 amide bonds. The third-order valence-corrected chi connectivity index (χ3v) is 3.75. The second kappa shape index (κ2) is 4.56. The van der Waals surface area contributed by atoms with Crippen LogP contribution >= 0.6 is 0 Å². The SMILES string of the molecule is CC1(C)CCC[C@@](C)(c2ccc(CO)cc2O)O1. The summed E-state index contributed by atoms with van der Waals surface area (Å²) in [5.74, 6) is 0.210. The highest BCUT2D eigenvalue weighted by Crippen LogP contribution is 2.44. The second-order valence-corrected chi connectivity index (χ2v) is 5.96. The zero-order valence-corrected chi connectivity index (χ0v) is 11.4. The molecule has 0 spiro atoms. The van der Waals surface area contributed by atoms with Crippen LogP contribution in [0.1, 0.15) is 51.2 Å². The van der Waals surface area contributed by atoms with Crippen LogP contribution in [-0.4, -0.2) is 15.8 Å². The minimum atomic E-state index is -0.445. The van der Waals surface area contributed by atoms with Crippen molar-refractivity contribution in [1.82, 2.24) is 0 Å². The topological polar surface area (TPSA) is 49.7 Å². The monoisotopic (exact) mass is 250 g/mol. The van der Waals surface area contributed by atoms with Crippen molar-refractivity contribution in [3.05, 3.63) is 29.3 Å². The van der Waals surface area contributed by atoms with Crippen molar-refractivity contribution in [3.8, 4) is 5.75 Å². The average molecular weight is 250 g/mol. The van der Waals surface area contributed by atoms with Gasteiger partial charge in [0.2, 0.25) is 0 Å². The Hall–Kier alpha value is -1.06. The van der Waals surface area contributed by atoms with E-state index in [1.165, 1.54) is 0 Å². The number of phenols is 1. The van der Waals surface area contributed by atoms with E-state index in [2.05, 4.69) is 13.8 Å². The van der Waals surface area contributed by atoms with Gasteiger partial charge in [-0.25, -0.2) is 0 Å². The molecule has 18 heavy (non-hydrogen) atoms. The molecule has 2 N–H and O–H groups in total. The molecule has 1 aliphatic rings. The van der Waals surface area contributed by atoms with Gasteiger partial charge in [-0.2, -0.15) is 0 Å². The molecule has 1 fully saturated rings. The molecule has 0 aliphatic carbocycles.